The van der Waals surface area contributed by atoms with Gasteiger partial charge in [-0.3, -0.25) is 14.3 Å². The van der Waals surface area contributed by atoms with Crippen LogP contribution in [0.15, 0.2) is 53.4 Å². The predicted molar refractivity (Wildman–Crippen MR) is 138 cm³/mol. The van der Waals surface area contributed by atoms with Crippen LogP contribution in [-0.2, 0) is 31.0 Å². The molecule has 1 fully saturated rings. The van der Waals surface area contributed by atoms with Gasteiger partial charge in [0.15, 0.2) is 0 Å². The standard InChI is InChI=1S/C27H36N4OS/c1-19(2)16-26-27(21(4)30(5)28-26)29-33(32)25-13-11-23(12-14-25)24-10-6-9-22(17-24)18-31-15-7-8-20(31)3/h6,9-14,17,19-20,29H,7-8,15-16,18H2,1-5H3. The van der Waals surface area contributed by atoms with E-state index in [4.69, 9.17) is 0 Å². The smallest absolute Gasteiger partial charge is 0.150 e. The van der Waals surface area contributed by atoms with Gasteiger partial charge in [0.2, 0.25) is 0 Å². The zero-order valence-corrected chi connectivity index (χ0v) is 21.3. The van der Waals surface area contributed by atoms with E-state index in [0.29, 0.717) is 12.0 Å². The third-order valence-electron chi connectivity index (χ3n) is 6.61. The number of aromatic nitrogens is 2. The van der Waals surface area contributed by atoms with Crippen LogP contribution in [0.4, 0.5) is 5.69 Å². The topological polar surface area (TPSA) is 50.2 Å². The van der Waals surface area contributed by atoms with Crippen molar-refractivity contribution in [2.45, 2.75) is 64.4 Å². The molecule has 1 aliphatic rings. The first-order chi connectivity index (χ1) is 15.8. The van der Waals surface area contributed by atoms with Gasteiger partial charge < -0.3 is 0 Å². The quantitative estimate of drug-likeness (QED) is 0.464. The summed E-state index contributed by atoms with van der Waals surface area (Å²) in [5, 5.41) is 4.62. The molecule has 2 heterocycles. The summed E-state index contributed by atoms with van der Waals surface area (Å²) in [6.07, 6.45) is 3.45. The Morgan fingerprint density at radius 3 is 2.58 bits per heavy atom. The number of likely N-dealkylation sites (tertiary alicyclic amines) is 1. The van der Waals surface area contributed by atoms with Crippen LogP contribution in [0.25, 0.3) is 11.1 Å². The van der Waals surface area contributed by atoms with Gasteiger partial charge in [0.1, 0.15) is 11.0 Å². The number of benzene rings is 2. The van der Waals surface area contributed by atoms with Gasteiger partial charge in [-0.2, -0.15) is 5.10 Å². The number of hydrogen-bond donors (Lipinski definition) is 1. The minimum atomic E-state index is -1.34. The van der Waals surface area contributed by atoms with Crippen molar-refractivity contribution in [3.05, 3.63) is 65.5 Å². The van der Waals surface area contributed by atoms with Gasteiger partial charge in [-0.25, -0.2) is 4.21 Å². The van der Waals surface area contributed by atoms with Crippen molar-refractivity contribution in [2.24, 2.45) is 13.0 Å². The number of nitrogens with one attached hydrogen (secondary N) is 1. The molecule has 1 aliphatic heterocycles. The van der Waals surface area contributed by atoms with Crippen molar-refractivity contribution in [3.8, 4) is 11.1 Å². The summed E-state index contributed by atoms with van der Waals surface area (Å²) in [4.78, 5) is 3.32. The lowest BCUT2D eigenvalue weighted by Gasteiger charge is -2.21. The van der Waals surface area contributed by atoms with Gasteiger partial charge in [0.05, 0.1) is 22.0 Å². The minimum absolute atomic E-state index is 0.483. The third-order valence-corrected chi connectivity index (χ3v) is 7.70. The number of anilines is 1. The van der Waals surface area contributed by atoms with E-state index in [2.05, 4.69) is 71.9 Å². The molecule has 0 saturated carbocycles. The van der Waals surface area contributed by atoms with E-state index in [0.717, 1.165) is 40.5 Å². The van der Waals surface area contributed by atoms with Crippen molar-refractivity contribution in [1.82, 2.24) is 14.7 Å². The Kier molecular flexibility index (Phi) is 7.35. The molecular weight excluding hydrogens is 428 g/mol. The van der Waals surface area contributed by atoms with E-state index >= 15 is 0 Å². The average molecular weight is 465 g/mol. The molecule has 5 nitrogen and oxygen atoms in total. The molecule has 2 unspecified atom stereocenters. The summed E-state index contributed by atoms with van der Waals surface area (Å²) in [6, 6.07) is 17.5. The summed E-state index contributed by atoms with van der Waals surface area (Å²) < 4.78 is 18.2. The van der Waals surface area contributed by atoms with Gasteiger partial charge in [0, 0.05) is 19.6 Å². The molecule has 0 radical (unpaired) electrons. The van der Waals surface area contributed by atoms with Crippen LogP contribution < -0.4 is 4.72 Å². The third kappa shape index (κ3) is 5.56. The van der Waals surface area contributed by atoms with Crippen LogP contribution in [0.1, 0.15) is 50.6 Å². The van der Waals surface area contributed by atoms with Crippen LogP contribution in [0.3, 0.4) is 0 Å². The maximum absolute atomic E-state index is 13.1. The lowest BCUT2D eigenvalue weighted by atomic mass is 10.0. The Balaban J connectivity index is 1.48. The number of aryl methyl sites for hydroxylation is 1. The zero-order valence-electron chi connectivity index (χ0n) is 20.5. The Bertz CT molecular complexity index is 1120. The first kappa shape index (κ1) is 23.7. The van der Waals surface area contributed by atoms with Gasteiger partial charge in [-0.05, 0) is 80.5 Å². The highest BCUT2D eigenvalue weighted by atomic mass is 32.2. The molecule has 0 bridgehead atoms. The SMILES string of the molecule is Cc1c(NS(=O)c2ccc(-c3cccc(CN4CCCC4C)c3)cc2)c(CC(C)C)nn1C. The van der Waals surface area contributed by atoms with E-state index in [-0.39, 0.29) is 0 Å². The van der Waals surface area contributed by atoms with Crippen LogP contribution in [0, 0.1) is 12.8 Å². The summed E-state index contributed by atoms with van der Waals surface area (Å²) in [7, 11) is 0.588. The summed E-state index contributed by atoms with van der Waals surface area (Å²) in [6.45, 7) is 10.9. The van der Waals surface area contributed by atoms with E-state index in [1.165, 1.54) is 30.5 Å². The Morgan fingerprint density at radius 2 is 1.91 bits per heavy atom. The molecule has 2 atom stereocenters. The molecule has 33 heavy (non-hydrogen) atoms. The largest absolute Gasteiger partial charge is 0.298 e. The van der Waals surface area contributed by atoms with E-state index in [1.54, 1.807) is 0 Å². The van der Waals surface area contributed by atoms with Crippen molar-refractivity contribution in [3.63, 3.8) is 0 Å². The Morgan fingerprint density at radius 1 is 1.15 bits per heavy atom. The number of rotatable bonds is 8. The molecule has 1 saturated heterocycles. The molecule has 1 aromatic heterocycles. The highest BCUT2D eigenvalue weighted by molar-refractivity contribution is 7.86. The highest BCUT2D eigenvalue weighted by Gasteiger charge is 2.20. The molecule has 4 rings (SSSR count). The van der Waals surface area contributed by atoms with Gasteiger partial charge in [0.25, 0.3) is 0 Å². The fourth-order valence-corrected chi connectivity index (χ4v) is 5.53. The highest BCUT2D eigenvalue weighted by Crippen LogP contribution is 2.27. The van der Waals surface area contributed by atoms with Crippen molar-refractivity contribution in [2.75, 3.05) is 11.3 Å². The van der Waals surface area contributed by atoms with E-state index in [9.17, 15) is 4.21 Å². The average Bonchev–Trinajstić information content (AvgIpc) is 3.31. The Hall–Kier alpha value is -2.44. The zero-order chi connectivity index (χ0) is 23.5. The molecule has 1 N–H and O–H groups in total. The molecule has 6 heteroatoms. The monoisotopic (exact) mass is 464 g/mol. The maximum atomic E-state index is 13.1. The molecule has 176 valence electrons. The fraction of sp³-hybridized carbons (Fsp3) is 0.444. The summed E-state index contributed by atoms with van der Waals surface area (Å²) in [5.41, 5.74) is 6.55. The fourth-order valence-electron chi connectivity index (χ4n) is 4.57. The second-order valence-electron chi connectivity index (χ2n) is 9.69. The van der Waals surface area contributed by atoms with Crippen LogP contribution in [0.2, 0.25) is 0 Å². The van der Waals surface area contributed by atoms with Crippen LogP contribution in [-0.4, -0.2) is 31.5 Å². The lowest BCUT2D eigenvalue weighted by molar-refractivity contribution is 0.260. The van der Waals surface area contributed by atoms with Gasteiger partial charge in [-0.1, -0.05) is 44.2 Å². The molecule has 3 aromatic rings. The van der Waals surface area contributed by atoms with Crippen molar-refractivity contribution < 1.29 is 4.21 Å². The van der Waals surface area contributed by atoms with Gasteiger partial charge in [-0.15, -0.1) is 0 Å². The second kappa shape index (κ2) is 10.2. The van der Waals surface area contributed by atoms with Crippen LogP contribution >= 0.6 is 0 Å². The van der Waals surface area contributed by atoms with Crippen molar-refractivity contribution >= 4 is 16.7 Å². The minimum Gasteiger partial charge on any atom is -0.298 e. The molecule has 0 amide bonds. The predicted octanol–water partition coefficient (Wildman–Crippen LogP) is 5.71. The van der Waals surface area contributed by atoms with Crippen molar-refractivity contribution in [1.29, 1.82) is 0 Å². The normalized spacial score (nSPS) is 17.6. The maximum Gasteiger partial charge on any atom is 0.150 e. The molecule has 0 aliphatic carbocycles. The number of hydrogen-bond acceptors (Lipinski definition) is 3. The Labute approximate surface area is 200 Å². The van der Waals surface area contributed by atoms with Gasteiger partial charge >= 0.3 is 0 Å². The second-order valence-corrected chi connectivity index (χ2v) is 10.9. The lowest BCUT2D eigenvalue weighted by Crippen LogP contribution is -2.26. The molecule has 2 aromatic carbocycles. The summed E-state index contributed by atoms with van der Waals surface area (Å²) in [5.74, 6) is 0.483. The number of nitrogens with zero attached hydrogens (tertiary/aromatic N) is 3. The molecular formula is C27H36N4OS. The van der Waals surface area contributed by atoms with E-state index < -0.39 is 11.0 Å². The first-order valence-corrected chi connectivity index (χ1v) is 13.1. The van der Waals surface area contributed by atoms with E-state index in [1.807, 2.05) is 30.8 Å². The molecule has 0 spiro atoms. The summed E-state index contributed by atoms with van der Waals surface area (Å²) >= 11 is 0. The first-order valence-electron chi connectivity index (χ1n) is 12.0. The van der Waals surface area contributed by atoms with Crippen LogP contribution in [0.5, 0.6) is 0 Å².